The molecule has 1 fully saturated rings. The summed E-state index contributed by atoms with van der Waals surface area (Å²) in [5.74, 6) is 1.62. The lowest BCUT2D eigenvalue weighted by atomic mass is 10.1. The molecule has 1 aromatic carbocycles. The molecule has 1 saturated heterocycles. The zero-order chi connectivity index (χ0) is 14.2. The van der Waals surface area contributed by atoms with E-state index in [1.807, 2.05) is 24.3 Å². The van der Waals surface area contributed by atoms with Crippen LogP contribution in [0, 0.1) is 0 Å². The molecule has 0 amide bonds. The van der Waals surface area contributed by atoms with E-state index in [-0.39, 0.29) is 0 Å². The second-order valence-electron chi connectivity index (χ2n) is 5.31. The summed E-state index contributed by atoms with van der Waals surface area (Å²) in [6.07, 6.45) is 3.77. The molecule has 2 rings (SSSR count). The predicted octanol–water partition coefficient (Wildman–Crippen LogP) is 2.15. The Morgan fingerprint density at radius 2 is 2.00 bits per heavy atom. The molecule has 0 spiro atoms. The summed E-state index contributed by atoms with van der Waals surface area (Å²) in [6.45, 7) is 3.92. The van der Waals surface area contributed by atoms with Gasteiger partial charge in [-0.05, 0) is 51.5 Å². The highest BCUT2D eigenvalue weighted by molar-refractivity contribution is 5.39. The van der Waals surface area contributed by atoms with Crippen molar-refractivity contribution in [2.75, 3.05) is 40.4 Å². The lowest BCUT2D eigenvalue weighted by Gasteiger charge is -2.26. The van der Waals surface area contributed by atoms with E-state index in [2.05, 4.69) is 17.3 Å². The van der Waals surface area contributed by atoms with Gasteiger partial charge in [0.1, 0.15) is 6.61 Å². The summed E-state index contributed by atoms with van der Waals surface area (Å²) in [6, 6.07) is 8.48. The topological polar surface area (TPSA) is 33.7 Å². The van der Waals surface area contributed by atoms with Crippen LogP contribution in [-0.4, -0.2) is 51.3 Å². The fourth-order valence-electron chi connectivity index (χ4n) is 2.66. The number of likely N-dealkylation sites (N-methyl/N-ethyl adjacent to an activating group) is 1. The van der Waals surface area contributed by atoms with E-state index < -0.39 is 0 Å². The van der Waals surface area contributed by atoms with Crippen LogP contribution in [0.3, 0.4) is 0 Å². The lowest BCUT2D eigenvalue weighted by Crippen LogP contribution is -2.35. The van der Waals surface area contributed by atoms with Crippen LogP contribution >= 0.6 is 0 Å². The van der Waals surface area contributed by atoms with Gasteiger partial charge in [-0.1, -0.05) is 12.1 Å². The van der Waals surface area contributed by atoms with Crippen molar-refractivity contribution in [3.63, 3.8) is 0 Å². The van der Waals surface area contributed by atoms with Crippen LogP contribution in [0.15, 0.2) is 24.3 Å². The summed E-state index contributed by atoms with van der Waals surface area (Å²) < 4.78 is 11.1. The van der Waals surface area contributed by atoms with Crippen molar-refractivity contribution in [2.24, 2.45) is 0 Å². The number of nitrogens with zero attached hydrogens (tertiary/aromatic N) is 1. The molecule has 20 heavy (non-hydrogen) atoms. The number of hydrogen-bond acceptors (Lipinski definition) is 4. The molecule has 0 radical (unpaired) electrons. The minimum atomic E-state index is 0.672. The fourth-order valence-corrected chi connectivity index (χ4v) is 2.66. The molecule has 4 nitrogen and oxygen atoms in total. The first kappa shape index (κ1) is 15.1. The first-order chi connectivity index (χ1) is 9.81. The first-order valence-corrected chi connectivity index (χ1v) is 7.48. The third kappa shape index (κ3) is 4.39. The van der Waals surface area contributed by atoms with Crippen LogP contribution in [0.5, 0.6) is 11.5 Å². The number of nitrogens with one attached hydrogen (secondary N) is 1. The highest BCUT2D eigenvalue weighted by Gasteiger charge is 2.16. The van der Waals surface area contributed by atoms with Crippen molar-refractivity contribution < 1.29 is 9.47 Å². The molecule has 0 aromatic heterocycles. The van der Waals surface area contributed by atoms with E-state index in [0.717, 1.165) is 31.1 Å². The Kier molecular flexibility index (Phi) is 6.15. The number of hydrogen-bond donors (Lipinski definition) is 1. The van der Waals surface area contributed by atoms with Crippen LogP contribution < -0.4 is 14.8 Å². The maximum absolute atomic E-state index is 5.84. The molecule has 112 valence electrons. The van der Waals surface area contributed by atoms with Gasteiger partial charge in [0.15, 0.2) is 11.5 Å². The summed E-state index contributed by atoms with van der Waals surface area (Å²) in [4.78, 5) is 2.42. The van der Waals surface area contributed by atoms with Gasteiger partial charge >= 0.3 is 0 Å². The molecular weight excluding hydrogens is 252 g/mol. The van der Waals surface area contributed by atoms with Crippen molar-refractivity contribution in [3.8, 4) is 11.5 Å². The molecule has 1 atom stereocenters. The molecule has 1 aromatic rings. The molecule has 0 bridgehead atoms. The highest BCUT2D eigenvalue weighted by Crippen LogP contribution is 2.25. The minimum absolute atomic E-state index is 0.672. The zero-order valence-electron chi connectivity index (χ0n) is 12.6. The van der Waals surface area contributed by atoms with E-state index >= 15 is 0 Å². The lowest BCUT2D eigenvalue weighted by molar-refractivity contribution is 0.178. The van der Waals surface area contributed by atoms with Gasteiger partial charge in [-0.3, -0.25) is 4.90 Å². The Bertz CT molecular complexity index is 390. The van der Waals surface area contributed by atoms with E-state index in [9.17, 15) is 0 Å². The van der Waals surface area contributed by atoms with Crippen molar-refractivity contribution in [2.45, 2.75) is 25.3 Å². The molecule has 0 saturated carbocycles. The minimum Gasteiger partial charge on any atom is -0.493 e. The Morgan fingerprint density at radius 1 is 1.20 bits per heavy atom. The van der Waals surface area contributed by atoms with Crippen molar-refractivity contribution >= 4 is 0 Å². The van der Waals surface area contributed by atoms with Crippen LogP contribution in [0.1, 0.15) is 19.3 Å². The highest BCUT2D eigenvalue weighted by atomic mass is 16.5. The molecule has 1 heterocycles. The zero-order valence-corrected chi connectivity index (χ0v) is 12.6. The molecule has 0 aliphatic carbocycles. The summed E-state index contributed by atoms with van der Waals surface area (Å²) in [5, 5.41) is 3.45. The Balaban J connectivity index is 1.77. The third-order valence-electron chi connectivity index (χ3n) is 3.94. The van der Waals surface area contributed by atoms with Crippen LogP contribution in [0.2, 0.25) is 0 Å². The van der Waals surface area contributed by atoms with Gasteiger partial charge in [-0.2, -0.15) is 0 Å². The molecule has 4 heteroatoms. The van der Waals surface area contributed by atoms with Crippen molar-refractivity contribution in [1.82, 2.24) is 10.2 Å². The Labute approximate surface area is 122 Å². The van der Waals surface area contributed by atoms with Gasteiger partial charge in [0.25, 0.3) is 0 Å². The average molecular weight is 278 g/mol. The summed E-state index contributed by atoms with van der Waals surface area (Å²) in [5.41, 5.74) is 0. The molecule has 1 aliphatic heterocycles. The van der Waals surface area contributed by atoms with Gasteiger partial charge in [0.05, 0.1) is 7.11 Å². The van der Waals surface area contributed by atoms with Gasteiger partial charge in [-0.25, -0.2) is 0 Å². The van der Waals surface area contributed by atoms with Gasteiger partial charge in [0.2, 0.25) is 0 Å². The number of rotatable bonds is 6. The molecule has 1 unspecified atom stereocenters. The Morgan fingerprint density at radius 3 is 2.80 bits per heavy atom. The maximum Gasteiger partial charge on any atom is 0.161 e. The molecule has 1 aliphatic rings. The predicted molar refractivity (Wildman–Crippen MR) is 81.6 cm³/mol. The van der Waals surface area contributed by atoms with Gasteiger partial charge in [0, 0.05) is 12.6 Å². The van der Waals surface area contributed by atoms with E-state index in [0.29, 0.717) is 12.6 Å². The summed E-state index contributed by atoms with van der Waals surface area (Å²) in [7, 11) is 3.87. The third-order valence-corrected chi connectivity index (χ3v) is 3.94. The molecule has 1 N–H and O–H groups in total. The van der Waals surface area contributed by atoms with Crippen LogP contribution in [0.4, 0.5) is 0 Å². The number of benzene rings is 1. The largest absolute Gasteiger partial charge is 0.493 e. The Hall–Kier alpha value is -1.26. The van der Waals surface area contributed by atoms with Gasteiger partial charge < -0.3 is 14.8 Å². The number of ether oxygens (including phenoxy) is 2. The normalized spacial score (nSPS) is 19.6. The monoisotopic (exact) mass is 278 g/mol. The molecular formula is C16H26N2O2. The summed E-state index contributed by atoms with van der Waals surface area (Å²) >= 11 is 0. The second-order valence-corrected chi connectivity index (χ2v) is 5.31. The van der Waals surface area contributed by atoms with E-state index in [1.165, 1.54) is 19.3 Å². The van der Waals surface area contributed by atoms with E-state index in [4.69, 9.17) is 9.47 Å². The fraction of sp³-hybridized carbons (Fsp3) is 0.625. The standard InChI is InChI=1S/C16H26N2O2/c1-18(14-6-5-10-17-11-9-14)12-13-20-16-8-4-3-7-15(16)19-2/h3-4,7-8,14,17H,5-6,9-13H2,1-2H3. The maximum atomic E-state index is 5.84. The van der Waals surface area contributed by atoms with Crippen LogP contribution in [0.25, 0.3) is 0 Å². The average Bonchev–Trinajstić information content (AvgIpc) is 2.77. The quantitative estimate of drug-likeness (QED) is 0.864. The number of methoxy groups -OCH3 is 1. The number of para-hydroxylation sites is 2. The van der Waals surface area contributed by atoms with Gasteiger partial charge in [-0.15, -0.1) is 0 Å². The first-order valence-electron chi connectivity index (χ1n) is 7.48. The smallest absolute Gasteiger partial charge is 0.161 e. The van der Waals surface area contributed by atoms with E-state index in [1.54, 1.807) is 7.11 Å². The SMILES string of the molecule is COc1ccccc1OCCN(C)C1CCCNCC1. The second kappa shape index (κ2) is 8.12. The van der Waals surface area contributed by atoms with Crippen molar-refractivity contribution in [3.05, 3.63) is 24.3 Å². The van der Waals surface area contributed by atoms with Crippen molar-refractivity contribution in [1.29, 1.82) is 0 Å². The van der Waals surface area contributed by atoms with Crippen LogP contribution in [-0.2, 0) is 0 Å².